The first-order valence-electron chi connectivity index (χ1n) is 4.75. The predicted molar refractivity (Wildman–Crippen MR) is 54.9 cm³/mol. The molecule has 1 rings (SSSR count). The average molecular weight is 203 g/mol. The Morgan fingerprint density at radius 3 is 2.77 bits per heavy atom. The highest BCUT2D eigenvalue weighted by Crippen LogP contribution is 2.17. The Kier molecular flexibility index (Phi) is 5.05. The second-order valence-corrected chi connectivity index (χ2v) is 4.13. The second kappa shape index (κ2) is 6.13. The fourth-order valence-electron chi connectivity index (χ4n) is 1.57. The van der Waals surface area contributed by atoms with E-state index >= 15 is 0 Å². The molecule has 1 aliphatic carbocycles. The Hall–Kier alpha value is -0.380. The topological polar surface area (TPSA) is 38.3 Å². The molecule has 0 atom stereocenters. The van der Waals surface area contributed by atoms with Gasteiger partial charge < -0.3 is 10.1 Å². The van der Waals surface area contributed by atoms with Gasteiger partial charge in [0.25, 0.3) is 0 Å². The molecule has 1 fully saturated rings. The molecule has 0 spiro atoms. The molecular weight excluding hydrogens is 186 g/mol. The van der Waals surface area contributed by atoms with Crippen molar-refractivity contribution in [3.8, 4) is 0 Å². The minimum absolute atomic E-state index is 0.263. The quantitative estimate of drug-likeness (QED) is 0.716. The van der Waals surface area contributed by atoms with Crippen LogP contribution in [0, 0.1) is 0 Å². The van der Waals surface area contributed by atoms with E-state index in [0.717, 1.165) is 12.8 Å². The number of carbonyl (C=O) groups is 1. The summed E-state index contributed by atoms with van der Waals surface area (Å²) in [6.45, 7) is 0. The Bertz CT molecular complexity index is 158. The standard InChI is InChI=1S/C9H17NO2S/c1-13-7-12-9(11)10-8-5-3-2-4-6-8/h8H,2-7H2,1H3,(H,10,11). The van der Waals surface area contributed by atoms with Gasteiger partial charge in [-0.3, -0.25) is 0 Å². The van der Waals surface area contributed by atoms with Gasteiger partial charge in [-0.15, -0.1) is 11.8 Å². The van der Waals surface area contributed by atoms with Gasteiger partial charge in [-0.05, 0) is 19.1 Å². The van der Waals surface area contributed by atoms with E-state index in [0.29, 0.717) is 12.0 Å². The normalized spacial score (nSPS) is 18.2. The number of thioether (sulfide) groups is 1. The van der Waals surface area contributed by atoms with Gasteiger partial charge in [-0.25, -0.2) is 4.79 Å². The van der Waals surface area contributed by atoms with E-state index in [1.807, 2.05) is 6.26 Å². The average Bonchev–Trinajstić information content (AvgIpc) is 2.16. The number of ether oxygens (including phenoxy) is 1. The number of hydrogen-bond donors (Lipinski definition) is 1. The van der Waals surface area contributed by atoms with Gasteiger partial charge in [0.05, 0.1) is 0 Å². The Morgan fingerprint density at radius 2 is 2.15 bits per heavy atom. The first-order valence-corrected chi connectivity index (χ1v) is 6.14. The van der Waals surface area contributed by atoms with Gasteiger partial charge in [0.1, 0.15) is 5.94 Å². The molecule has 3 nitrogen and oxygen atoms in total. The van der Waals surface area contributed by atoms with Gasteiger partial charge in [0.2, 0.25) is 0 Å². The van der Waals surface area contributed by atoms with E-state index < -0.39 is 0 Å². The van der Waals surface area contributed by atoms with Gasteiger partial charge in [-0.2, -0.15) is 0 Å². The zero-order valence-electron chi connectivity index (χ0n) is 8.04. The van der Waals surface area contributed by atoms with Crippen LogP contribution in [0.4, 0.5) is 4.79 Å². The van der Waals surface area contributed by atoms with E-state index in [4.69, 9.17) is 4.74 Å². The zero-order valence-corrected chi connectivity index (χ0v) is 8.86. The van der Waals surface area contributed by atoms with Crippen LogP contribution in [0.2, 0.25) is 0 Å². The van der Waals surface area contributed by atoms with E-state index in [9.17, 15) is 4.79 Å². The third-order valence-electron chi connectivity index (χ3n) is 2.24. The summed E-state index contributed by atoms with van der Waals surface area (Å²) in [6.07, 6.45) is 7.62. The van der Waals surface area contributed by atoms with Crippen molar-refractivity contribution >= 4 is 17.9 Å². The fraction of sp³-hybridized carbons (Fsp3) is 0.889. The number of amides is 1. The van der Waals surface area contributed by atoms with Crippen molar-refractivity contribution in [1.82, 2.24) is 5.32 Å². The van der Waals surface area contributed by atoms with E-state index in [1.165, 1.54) is 31.0 Å². The molecule has 1 N–H and O–H groups in total. The lowest BCUT2D eigenvalue weighted by Gasteiger charge is -2.22. The zero-order chi connectivity index (χ0) is 9.52. The molecule has 0 bridgehead atoms. The first-order chi connectivity index (χ1) is 6.33. The molecule has 1 saturated carbocycles. The fourth-order valence-corrected chi connectivity index (χ4v) is 1.79. The van der Waals surface area contributed by atoms with Crippen LogP contribution < -0.4 is 5.32 Å². The molecule has 0 aromatic carbocycles. The third-order valence-corrected chi connectivity index (χ3v) is 2.59. The van der Waals surface area contributed by atoms with E-state index in [-0.39, 0.29) is 6.09 Å². The summed E-state index contributed by atoms with van der Waals surface area (Å²) in [6, 6.07) is 0.350. The molecule has 0 radical (unpaired) electrons. The maximum Gasteiger partial charge on any atom is 0.408 e. The van der Waals surface area contributed by atoms with Gasteiger partial charge in [0.15, 0.2) is 0 Å². The lowest BCUT2D eigenvalue weighted by atomic mass is 9.96. The monoisotopic (exact) mass is 203 g/mol. The maximum absolute atomic E-state index is 11.1. The highest BCUT2D eigenvalue weighted by Gasteiger charge is 2.15. The third kappa shape index (κ3) is 4.41. The van der Waals surface area contributed by atoms with Crippen LogP contribution >= 0.6 is 11.8 Å². The van der Waals surface area contributed by atoms with Crippen molar-refractivity contribution < 1.29 is 9.53 Å². The molecule has 0 aromatic rings. The van der Waals surface area contributed by atoms with Crippen molar-refractivity contribution in [2.75, 3.05) is 12.2 Å². The second-order valence-electron chi connectivity index (χ2n) is 3.32. The van der Waals surface area contributed by atoms with Gasteiger partial charge in [-0.1, -0.05) is 19.3 Å². The number of rotatable bonds is 3. The van der Waals surface area contributed by atoms with Crippen molar-refractivity contribution in [1.29, 1.82) is 0 Å². The molecule has 4 heteroatoms. The number of carbonyl (C=O) groups excluding carboxylic acids is 1. The first kappa shape index (κ1) is 10.7. The van der Waals surface area contributed by atoms with Crippen molar-refractivity contribution in [2.45, 2.75) is 38.1 Å². The molecular formula is C9H17NO2S. The van der Waals surface area contributed by atoms with Crippen molar-refractivity contribution in [3.05, 3.63) is 0 Å². The molecule has 1 aliphatic rings. The van der Waals surface area contributed by atoms with Crippen molar-refractivity contribution in [3.63, 3.8) is 0 Å². The molecule has 0 saturated heterocycles. The number of hydrogen-bond acceptors (Lipinski definition) is 3. The Labute approximate surface area is 83.6 Å². The smallest absolute Gasteiger partial charge is 0.408 e. The minimum Gasteiger partial charge on any atom is -0.439 e. The summed E-state index contributed by atoms with van der Waals surface area (Å²) in [4.78, 5) is 11.1. The van der Waals surface area contributed by atoms with Crippen LogP contribution in [-0.2, 0) is 4.74 Å². The van der Waals surface area contributed by atoms with Gasteiger partial charge in [0, 0.05) is 6.04 Å². The highest BCUT2D eigenvalue weighted by molar-refractivity contribution is 7.98. The summed E-state index contributed by atoms with van der Waals surface area (Å²) in [7, 11) is 0. The van der Waals surface area contributed by atoms with E-state index in [1.54, 1.807) is 0 Å². The lowest BCUT2D eigenvalue weighted by Crippen LogP contribution is -2.36. The highest BCUT2D eigenvalue weighted by atomic mass is 32.2. The van der Waals surface area contributed by atoms with Gasteiger partial charge >= 0.3 is 6.09 Å². The molecule has 13 heavy (non-hydrogen) atoms. The number of alkyl carbamates (subject to hydrolysis) is 1. The molecule has 0 unspecified atom stereocenters. The number of nitrogens with one attached hydrogen (secondary N) is 1. The van der Waals surface area contributed by atoms with Crippen molar-refractivity contribution in [2.24, 2.45) is 0 Å². The molecule has 1 amide bonds. The Morgan fingerprint density at radius 1 is 1.46 bits per heavy atom. The summed E-state index contributed by atoms with van der Waals surface area (Å²) in [5, 5.41) is 2.88. The Balaban J connectivity index is 2.11. The minimum atomic E-state index is -0.263. The summed E-state index contributed by atoms with van der Waals surface area (Å²) >= 11 is 1.51. The van der Waals surface area contributed by atoms with E-state index in [2.05, 4.69) is 5.32 Å². The summed E-state index contributed by atoms with van der Waals surface area (Å²) in [5.41, 5.74) is 0. The van der Waals surface area contributed by atoms with Crippen LogP contribution in [0.5, 0.6) is 0 Å². The SMILES string of the molecule is CSCOC(=O)NC1CCCCC1. The largest absolute Gasteiger partial charge is 0.439 e. The lowest BCUT2D eigenvalue weighted by molar-refractivity contribution is 0.158. The van der Waals surface area contributed by atoms with Crippen LogP contribution in [0.25, 0.3) is 0 Å². The molecule has 0 aliphatic heterocycles. The molecule has 76 valence electrons. The van der Waals surface area contributed by atoms with Crippen LogP contribution in [0.3, 0.4) is 0 Å². The molecule has 0 aromatic heterocycles. The summed E-state index contributed by atoms with van der Waals surface area (Å²) in [5.74, 6) is 0.443. The molecule has 0 heterocycles. The van der Waals surface area contributed by atoms with Crippen LogP contribution in [0.15, 0.2) is 0 Å². The van der Waals surface area contributed by atoms with Crippen LogP contribution in [0.1, 0.15) is 32.1 Å². The predicted octanol–water partition coefficient (Wildman–Crippen LogP) is 2.37. The van der Waals surface area contributed by atoms with Crippen LogP contribution in [-0.4, -0.2) is 24.3 Å². The maximum atomic E-state index is 11.1. The summed E-state index contributed by atoms with van der Waals surface area (Å²) < 4.78 is 4.91.